The lowest BCUT2D eigenvalue weighted by Crippen LogP contribution is -2.42. The van der Waals surface area contributed by atoms with E-state index in [1.807, 2.05) is 0 Å². The Kier molecular flexibility index (Phi) is 7.39. The van der Waals surface area contributed by atoms with Crippen LogP contribution >= 0.6 is 0 Å². The van der Waals surface area contributed by atoms with Crippen molar-refractivity contribution in [2.75, 3.05) is 7.11 Å². The maximum absolute atomic E-state index is 12.2. The normalized spacial score (nSPS) is 23.6. The number of esters is 1. The molecular weight excluding hydrogens is 372 g/mol. The van der Waals surface area contributed by atoms with Gasteiger partial charge in [0, 0.05) is 18.1 Å². The molecule has 0 radical (unpaired) electrons. The number of aliphatic hydroxyl groups is 5. The largest absolute Gasteiger partial charge is 0.507 e. The molecule has 0 saturated carbocycles. The molecule has 9 nitrogen and oxygen atoms in total. The zero-order chi connectivity index (χ0) is 21.0. The third kappa shape index (κ3) is 5.00. The Morgan fingerprint density at radius 3 is 2.54 bits per heavy atom. The smallest absolute Gasteiger partial charge is 0.342 e. The lowest BCUT2D eigenvalue weighted by atomic mass is 9.90. The predicted octanol–water partition coefficient (Wildman–Crippen LogP) is -0.227. The first-order valence-electron chi connectivity index (χ1n) is 8.84. The van der Waals surface area contributed by atoms with E-state index in [0.29, 0.717) is 0 Å². The molecule has 2 rings (SSSR count). The topological polar surface area (TPSA) is 157 Å². The van der Waals surface area contributed by atoms with Crippen molar-refractivity contribution in [2.24, 2.45) is 0 Å². The molecule has 0 spiro atoms. The molecule has 0 aliphatic carbocycles. The summed E-state index contributed by atoms with van der Waals surface area (Å²) in [5.74, 6) is -1.07. The van der Waals surface area contributed by atoms with E-state index in [4.69, 9.17) is 9.47 Å². The number of ether oxygens (including phenoxy) is 2. The molecule has 0 amide bonds. The molecule has 6 N–H and O–H groups in total. The van der Waals surface area contributed by atoms with Gasteiger partial charge in [0.05, 0.1) is 19.3 Å². The molecule has 156 valence electrons. The van der Waals surface area contributed by atoms with Gasteiger partial charge in [0.25, 0.3) is 0 Å². The zero-order valence-electron chi connectivity index (χ0n) is 15.6. The number of phenols is 1. The van der Waals surface area contributed by atoms with Gasteiger partial charge in [-0.15, -0.1) is 0 Å². The molecule has 6 atom stereocenters. The predicted molar refractivity (Wildman–Crippen MR) is 96.9 cm³/mol. The maximum Gasteiger partial charge on any atom is 0.342 e. The van der Waals surface area contributed by atoms with Gasteiger partial charge in [0.1, 0.15) is 41.5 Å². The number of aromatic hydroxyl groups is 1. The molecule has 0 fully saturated rings. The van der Waals surface area contributed by atoms with Crippen LogP contribution in [0.3, 0.4) is 0 Å². The third-order valence-corrected chi connectivity index (χ3v) is 4.52. The van der Waals surface area contributed by atoms with Gasteiger partial charge in [-0.25, -0.2) is 4.79 Å². The van der Waals surface area contributed by atoms with Crippen LogP contribution in [0, 0.1) is 0 Å². The number of carbonyl (C=O) groups is 1. The van der Waals surface area contributed by atoms with Crippen molar-refractivity contribution in [3.63, 3.8) is 0 Å². The molecule has 0 bridgehead atoms. The Labute approximate surface area is 162 Å². The molecule has 1 aromatic rings. The zero-order valence-corrected chi connectivity index (χ0v) is 15.6. The van der Waals surface area contributed by atoms with Crippen LogP contribution in [-0.4, -0.2) is 74.2 Å². The lowest BCUT2D eigenvalue weighted by molar-refractivity contribution is -0.0861. The second-order valence-corrected chi connectivity index (χ2v) is 6.80. The van der Waals surface area contributed by atoms with Crippen LogP contribution < -0.4 is 4.74 Å². The highest BCUT2D eigenvalue weighted by atomic mass is 16.6. The summed E-state index contributed by atoms with van der Waals surface area (Å²) in [6.07, 6.45) is -5.11. The van der Waals surface area contributed by atoms with Crippen LogP contribution in [0.1, 0.15) is 41.8 Å². The van der Waals surface area contributed by atoms with Crippen LogP contribution in [0.2, 0.25) is 0 Å². The van der Waals surface area contributed by atoms with Gasteiger partial charge in [0.2, 0.25) is 0 Å². The number of hydrogen-bond donors (Lipinski definition) is 6. The lowest BCUT2D eigenvalue weighted by Gasteiger charge is -2.32. The van der Waals surface area contributed by atoms with Crippen LogP contribution in [-0.2, 0) is 4.74 Å². The first kappa shape index (κ1) is 22.1. The SMILES string of the molecule is COc1cc(O)c2c(c1)[C@@H](O)[C@H](C[C@H](O)[C@H](O)[C@@H](O)/C=C/C[C@H](C)O)OC2=O. The Bertz CT molecular complexity index is 716. The highest BCUT2D eigenvalue weighted by molar-refractivity contribution is 5.95. The summed E-state index contributed by atoms with van der Waals surface area (Å²) in [5, 5.41) is 59.8. The Hall–Kier alpha value is -2.17. The third-order valence-electron chi connectivity index (χ3n) is 4.52. The van der Waals surface area contributed by atoms with Gasteiger partial charge in [-0.1, -0.05) is 12.2 Å². The summed E-state index contributed by atoms with van der Waals surface area (Å²) in [4.78, 5) is 12.2. The summed E-state index contributed by atoms with van der Waals surface area (Å²) in [6, 6.07) is 2.59. The number of rotatable bonds is 8. The molecule has 0 unspecified atom stereocenters. The van der Waals surface area contributed by atoms with E-state index in [0.717, 1.165) is 0 Å². The maximum atomic E-state index is 12.2. The van der Waals surface area contributed by atoms with Crippen LogP contribution in [0.15, 0.2) is 24.3 Å². The first-order chi connectivity index (χ1) is 13.1. The monoisotopic (exact) mass is 398 g/mol. The van der Waals surface area contributed by atoms with Crippen molar-refractivity contribution < 1.29 is 44.9 Å². The summed E-state index contributed by atoms with van der Waals surface area (Å²) < 4.78 is 10.1. The number of phenolic OH excluding ortho intramolecular Hbond substituents is 1. The molecule has 9 heteroatoms. The molecular formula is C19H26O9. The molecule has 0 saturated heterocycles. The molecule has 1 aliphatic heterocycles. The first-order valence-corrected chi connectivity index (χ1v) is 8.84. The number of aliphatic hydroxyl groups excluding tert-OH is 5. The number of fused-ring (bicyclic) bond motifs is 1. The van der Waals surface area contributed by atoms with Crippen molar-refractivity contribution in [1.29, 1.82) is 0 Å². The van der Waals surface area contributed by atoms with Crippen LogP contribution in [0.4, 0.5) is 0 Å². The van der Waals surface area contributed by atoms with Crippen molar-refractivity contribution in [3.8, 4) is 11.5 Å². The number of methoxy groups -OCH3 is 1. The standard InChI is InChI=1S/C19H26O9/c1-9(20)4-3-5-12(21)18(25)14(23)8-15-17(24)11-6-10(27-2)7-13(22)16(11)19(26)28-15/h3,5-7,9,12,14-15,17-18,20-25H,4,8H2,1-2H3/b5-3+/t9-,12-,14-,15-,17+,18+/m0/s1. The molecule has 28 heavy (non-hydrogen) atoms. The minimum absolute atomic E-state index is 0.0807. The molecule has 1 aliphatic rings. The van der Waals surface area contributed by atoms with Gasteiger partial charge < -0.3 is 40.1 Å². The van der Waals surface area contributed by atoms with E-state index in [1.165, 1.54) is 31.4 Å². The van der Waals surface area contributed by atoms with E-state index < -0.39 is 48.3 Å². The van der Waals surface area contributed by atoms with Crippen molar-refractivity contribution >= 4 is 5.97 Å². The van der Waals surface area contributed by atoms with Crippen molar-refractivity contribution in [1.82, 2.24) is 0 Å². The summed E-state index contributed by atoms with van der Waals surface area (Å²) in [6.45, 7) is 1.56. The Balaban J connectivity index is 2.11. The average Bonchev–Trinajstić information content (AvgIpc) is 2.63. The second-order valence-electron chi connectivity index (χ2n) is 6.80. The van der Waals surface area contributed by atoms with Gasteiger partial charge >= 0.3 is 5.97 Å². The summed E-state index contributed by atoms with van der Waals surface area (Å²) in [7, 11) is 1.36. The van der Waals surface area contributed by atoms with Gasteiger partial charge in [-0.3, -0.25) is 0 Å². The van der Waals surface area contributed by atoms with Crippen LogP contribution in [0.5, 0.6) is 11.5 Å². The molecule has 1 aromatic carbocycles. The van der Waals surface area contributed by atoms with E-state index in [-0.39, 0.29) is 29.7 Å². The number of carbonyl (C=O) groups excluding carboxylic acids is 1. The highest BCUT2D eigenvalue weighted by Crippen LogP contribution is 2.39. The fraction of sp³-hybridized carbons (Fsp3) is 0.526. The number of hydrogen-bond acceptors (Lipinski definition) is 9. The van der Waals surface area contributed by atoms with Crippen molar-refractivity contribution in [3.05, 3.63) is 35.4 Å². The summed E-state index contributed by atoms with van der Waals surface area (Å²) in [5.41, 5.74) is -0.113. The van der Waals surface area contributed by atoms with E-state index >= 15 is 0 Å². The van der Waals surface area contributed by atoms with Gasteiger partial charge in [-0.05, 0) is 19.4 Å². The van der Waals surface area contributed by atoms with Gasteiger partial charge in [0.15, 0.2) is 0 Å². The fourth-order valence-corrected chi connectivity index (χ4v) is 2.97. The van der Waals surface area contributed by atoms with E-state index in [9.17, 15) is 35.4 Å². The van der Waals surface area contributed by atoms with E-state index in [1.54, 1.807) is 6.92 Å². The minimum Gasteiger partial charge on any atom is -0.507 e. The number of cyclic esters (lactones) is 1. The van der Waals surface area contributed by atoms with E-state index in [2.05, 4.69) is 0 Å². The van der Waals surface area contributed by atoms with Crippen LogP contribution in [0.25, 0.3) is 0 Å². The Morgan fingerprint density at radius 2 is 1.93 bits per heavy atom. The minimum atomic E-state index is -1.60. The van der Waals surface area contributed by atoms with Gasteiger partial charge in [-0.2, -0.15) is 0 Å². The molecule has 0 aromatic heterocycles. The van der Waals surface area contributed by atoms with Crippen molar-refractivity contribution in [2.45, 2.75) is 56.4 Å². The second kappa shape index (κ2) is 9.35. The number of benzene rings is 1. The Morgan fingerprint density at radius 1 is 1.25 bits per heavy atom. The summed E-state index contributed by atoms with van der Waals surface area (Å²) >= 11 is 0. The quantitative estimate of drug-likeness (QED) is 0.257. The molecule has 1 heterocycles. The average molecular weight is 398 g/mol. The fourth-order valence-electron chi connectivity index (χ4n) is 2.97. The highest BCUT2D eigenvalue weighted by Gasteiger charge is 2.39.